The topological polar surface area (TPSA) is 53.6 Å². The van der Waals surface area contributed by atoms with Crippen molar-refractivity contribution in [2.45, 2.75) is 31.3 Å². The van der Waals surface area contributed by atoms with Crippen LogP contribution < -0.4 is 15.4 Å². The zero-order chi connectivity index (χ0) is 14.2. The van der Waals surface area contributed by atoms with E-state index in [0.717, 1.165) is 37.8 Å². The number of carbonyl (C=O) groups is 1. The highest BCUT2D eigenvalue weighted by Gasteiger charge is 2.35. The van der Waals surface area contributed by atoms with Crippen molar-refractivity contribution in [1.82, 2.24) is 10.2 Å². The first-order chi connectivity index (χ1) is 10.3. The van der Waals surface area contributed by atoms with E-state index in [-0.39, 0.29) is 11.9 Å². The molecule has 1 saturated heterocycles. The highest BCUT2D eigenvalue weighted by molar-refractivity contribution is 5.99. The number of amides is 1. The van der Waals surface area contributed by atoms with Gasteiger partial charge in [0.2, 0.25) is 0 Å². The van der Waals surface area contributed by atoms with Crippen molar-refractivity contribution in [2.75, 3.05) is 31.6 Å². The lowest BCUT2D eigenvalue weighted by Crippen LogP contribution is -2.38. The van der Waals surface area contributed by atoms with Gasteiger partial charge in [0.1, 0.15) is 6.61 Å². The van der Waals surface area contributed by atoms with Gasteiger partial charge in [0.15, 0.2) is 5.75 Å². The minimum atomic E-state index is -0.0156. The van der Waals surface area contributed by atoms with Crippen LogP contribution in [-0.4, -0.2) is 49.1 Å². The van der Waals surface area contributed by atoms with Gasteiger partial charge in [0.25, 0.3) is 5.91 Å². The van der Waals surface area contributed by atoms with Gasteiger partial charge < -0.3 is 15.4 Å². The van der Waals surface area contributed by atoms with Gasteiger partial charge in [-0.05, 0) is 31.4 Å². The van der Waals surface area contributed by atoms with Crippen molar-refractivity contribution in [3.8, 4) is 5.75 Å². The minimum absolute atomic E-state index is 0.0156. The predicted octanol–water partition coefficient (Wildman–Crippen LogP) is 1.46. The standard InChI is InChI=1S/C16H21N3O2/c20-16(18-11-6-8-19(10-11)12-4-5-12)13-2-1-3-14-15(13)21-9-7-17-14/h1-3,11-12,17H,4-10H2,(H,18,20). The summed E-state index contributed by atoms with van der Waals surface area (Å²) in [7, 11) is 0. The van der Waals surface area contributed by atoms with E-state index in [9.17, 15) is 4.79 Å². The first-order valence-corrected chi connectivity index (χ1v) is 7.86. The van der Waals surface area contributed by atoms with Crippen molar-refractivity contribution in [1.29, 1.82) is 0 Å². The zero-order valence-electron chi connectivity index (χ0n) is 12.1. The number of carbonyl (C=O) groups excluding carboxylic acids is 1. The Bertz CT molecular complexity index is 556. The maximum Gasteiger partial charge on any atom is 0.255 e. The molecular weight excluding hydrogens is 266 g/mol. The molecular formula is C16H21N3O2. The van der Waals surface area contributed by atoms with E-state index in [1.54, 1.807) is 0 Å². The molecule has 1 unspecified atom stereocenters. The number of ether oxygens (including phenoxy) is 1. The monoisotopic (exact) mass is 287 g/mol. The average Bonchev–Trinajstić information content (AvgIpc) is 3.27. The van der Waals surface area contributed by atoms with Gasteiger partial charge in [0, 0.05) is 31.7 Å². The Kier molecular flexibility index (Phi) is 3.22. The van der Waals surface area contributed by atoms with E-state index in [1.165, 1.54) is 12.8 Å². The number of nitrogens with one attached hydrogen (secondary N) is 2. The van der Waals surface area contributed by atoms with Crippen molar-refractivity contribution >= 4 is 11.6 Å². The van der Waals surface area contributed by atoms with Crippen LogP contribution in [-0.2, 0) is 0 Å². The number of rotatable bonds is 3. The summed E-state index contributed by atoms with van der Waals surface area (Å²) in [6.45, 7) is 3.50. The SMILES string of the molecule is O=C(NC1CCN(C2CC2)C1)c1cccc2c1OCCN2. The summed E-state index contributed by atoms with van der Waals surface area (Å²) < 4.78 is 5.68. The fourth-order valence-corrected chi connectivity index (χ4v) is 3.29. The molecule has 0 aromatic heterocycles. The molecule has 1 saturated carbocycles. The molecule has 0 bridgehead atoms. The van der Waals surface area contributed by atoms with E-state index >= 15 is 0 Å². The Hall–Kier alpha value is -1.75. The second-order valence-electron chi connectivity index (χ2n) is 6.14. The first-order valence-electron chi connectivity index (χ1n) is 7.86. The second kappa shape index (κ2) is 5.22. The third kappa shape index (κ3) is 2.58. The van der Waals surface area contributed by atoms with Gasteiger partial charge >= 0.3 is 0 Å². The van der Waals surface area contributed by atoms with Crippen LogP contribution in [0.3, 0.4) is 0 Å². The number of fused-ring (bicyclic) bond motifs is 1. The maximum absolute atomic E-state index is 12.5. The number of likely N-dealkylation sites (tertiary alicyclic amines) is 1. The number of para-hydroxylation sites is 1. The summed E-state index contributed by atoms with van der Waals surface area (Å²) in [6, 6.07) is 6.75. The number of anilines is 1. The van der Waals surface area contributed by atoms with Crippen molar-refractivity contribution < 1.29 is 9.53 Å². The van der Waals surface area contributed by atoms with Crippen molar-refractivity contribution in [3.05, 3.63) is 23.8 Å². The molecule has 2 fully saturated rings. The molecule has 2 aliphatic heterocycles. The van der Waals surface area contributed by atoms with Crippen LogP contribution in [0.2, 0.25) is 0 Å². The van der Waals surface area contributed by atoms with Gasteiger partial charge in [0.05, 0.1) is 11.3 Å². The van der Waals surface area contributed by atoms with Crippen LogP contribution in [0.15, 0.2) is 18.2 Å². The van der Waals surface area contributed by atoms with E-state index in [4.69, 9.17) is 4.74 Å². The van der Waals surface area contributed by atoms with Crippen LogP contribution in [0.25, 0.3) is 0 Å². The largest absolute Gasteiger partial charge is 0.489 e. The van der Waals surface area contributed by atoms with Gasteiger partial charge in [-0.3, -0.25) is 9.69 Å². The number of hydrogen-bond acceptors (Lipinski definition) is 4. The molecule has 3 aliphatic rings. The lowest BCUT2D eigenvalue weighted by molar-refractivity contribution is 0.0933. The highest BCUT2D eigenvalue weighted by Crippen LogP contribution is 2.32. The fourth-order valence-electron chi connectivity index (χ4n) is 3.29. The molecule has 1 aromatic carbocycles. The van der Waals surface area contributed by atoms with Crippen LogP contribution in [0.5, 0.6) is 5.75 Å². The molecule has 1 aliphatic carbocycles. The van der Waals surface area contributed by atoms with Gasteiger partial charge in [-0.2, -0.15) is 0 Å². The van der Waals surface area contributed by atoms with Gasteiger partial charge in [-0.1, -0.05) is 6.07 Å². The molecule has 1 aromatic rings. The summed E-state index contributed by atoms with van der Waals surface area (Å²) >= 11 is 0. The predicted molar refractivity (Wildman–Crippen MR) is 80.9 cm³/mol. The molecule has 2 N–H and O–H groups in total. The highest BCUT2D eigenvalue weighted by atomic mass is 16.5. The Labute approximate surface area is 124 Å². The van der Waals surface area contributed by atoms with Crippen LogP contribution >= 0.6 is 0 Å². The Morgan fingerprint density at radius 2 is 2.24 bits per heavy atom. The molecule has 112 valence electrons. The normalized spacial score (nSPS) is 24.9. The van der Waals surface area contributed by atoms with E-state index < -0.39 is 0 Å². The van der Waals surface area contributed by atoms with Crippen molar-refractivity contribution in [2.24, 2.45) is 0 Å². The molecule has 0 spiro atoms. The zero-order valence-corrected chi connectivity index (χ0v) is 12.1. The van der Waals surface area contributed by atoms with Crippen LogP contribution in [0.1, 0.15) is 29.6 Å². The second-order valence-corrected chi connectivity index (χ2v) is 6.14. The van der Waals surface area contributed by atoms with Crippen LogP contribution in [0, 0.1) is 0 Å². The summed E-state index contributed by atoms with van der Waals surface area (Å²) in [4.78, 5) is 15.0. The molecule has 0 radical (unpaired) electrons. The van der Waals surface area contributed by atoms with Gasteiger partial charge in [-0.15, -0.1) is 0 Å². The molecule has 4 rings (SSSR count). The lowest BCUT2D eigenvalue weighted by atomic mass is 10.1. The molecule has 5 heteroatoms. The summed E-state index contributed by atoms with van der Waals surface area (Å²) in [6.07, 6.45) is 3.70. The summed E-state index contributed by atoms with van der Waals surface area (Å²) in [5, 5.41) is 6.44. The first kappa shape index (κ1) is 13.0. The van der Waals surface area contributed by atoms with E-state index in [0.29, 0.717) is 17.9 Å². The third-order valence-corrected chi connectivity index (χ3v) is 4.54. The average molecular weight is 287 g/mol. The lowest BCUT2D eigenvalue weighted by Gasteiger charge is -2.22. The molecule has 2 heterocycles. The molecule has 1 atom stereocenters. The third-order valence-electron chi connectivity index (χ3n) is 4.54. The van der Waals surface area contributed by atoms with Crippen LogP contribution in [0.4, 0.5) is 5.69 Å². The quantitative estimate of drug-likeness (QED) is 0.884. The van der Waals surface area contributed by atoms with Crippen molar-refractivity contribution in [3.63, 3.8) is 0 Å². The van der Waals surface area contributed by atoms with Gasteiger partial charge in [-0.25, -0.2) is 0 Å². The Balaban J connectivity index is 1.45. The summed E-state index contributed by atoms with van der Waals surface area (Å²) in [5.74, 6) is 0.677. The number of benzene rings is 1. The summed E-state index contributed by atoms with van der Waals surface area (Å²) in [5.41, 5.74) is 1.56. The van der Waals surface area contributed by atoms with E-state index in [1.807, 2.05) is 18.2 Å². The molecule has 1 amide bonds. The van der Waals surface area contributed by atoms with E-state index in [2.05, 4.69) is 15.5 Å². The molecule has 5 nitrogen and oxygen atoms in total. The Morgan fingerprint density at radius 1 is 1.33 bits per heavy atom. The molecule has 21 heavy (non-hydrogen) atoms. The Morgan fingerprint density at radius 3 is 3.10 bits per heavy atom. The fraction of sp³-hybridized carbons (Fsp3) is 0.562. The maximum atomic E-state index is 12.5. The minimum Gasteiger partial charge on any atom is -0.489 e. The smallest absolute Gasteiger partial charge is 0.255 e. The number of hydrogen-bond donors (Lipinski definition) is 2. The number of nitrogens with zero attached hydrogens (tertiary/aromatic N) is 1.